The van der Waals surface area contributed by atoms with Gasteiger partial charge in [0.25, 0.3) is 5.91 Å². The lowest BCUT2D eigenvalue weighted by molar-refractivity contribution is -0.137. The molecule has 3 amide bonds. The Kier molecular flexibility index (Phi) is 7.33. The predicted octanol–water partition coefficient (Wildman–Crippen LogP) is 4.76. The first-order valence-electron chi connectivity index (χ1n) is 10.8. The van der Waals surface area contributed by atoms with Gasteiger partial charge in [0, 0.05) is 17.4 Å². The number of urea groups is 1. The quantitative estimate of drug-likeness (QED) is 0.619. The van der Waals surface area contributed by atoms with Crippen LogP contribution in [0, 0.1) is 11.8 Å². The molecule has 6 heteroatoms. The van der Waals surface area contributed by atoms with Crippen molar-refractivity contribution in [1.82, 2.24) is 10.2 Å². The predicted molar refractivity (Wildman–Crippen MR) is 114 cm³/mol. The van der Waals surface area contributed by atoms with Gasteiger partial charge in [-0.3, -0.25) is 14.5 Å². The number of hydrogen-bond donors (Lipinski definition) is 1. The highest BCUT2D eigenvalue weighted by Crippen LogP contribution is 2.31. The summed E-state index contributed by atoms with van der Waals surface area (Å²) in [5.74, 6) is -0.0479. The molecular weight excluding hydrogens is 388 g/mol. The lowest BCUT2D eigenvalue weighted by atomic mass is 9.81. The van der Waals surface area contributed by atoms with Gasteiger partial charge in [-0.2, -0.15) is 0 Å². The van der Waals surface area contributed by atoms with Crippen LogP contribution < -0.4 is 5.32 Å². The van der Waals surface area contributed by atoms with Gasteiger partial charge < -0.3 is 5.32 Å². The SMILES string of the molecule is CCC(C)C(=O)[C@H](CC1CCCCC1)N1C(=O)N[C@@H](Cc2ccc(Cl)cc2)C1=O. The van der Waals surface area contributed by atoms with Gasteiger partial charge in [-0.25, -0.2) is 4.79 Å². The summed E-state index contributed by atoms with van der Waals surface area (Å²) < 4.78 is 0. The first kappa shape index (κ1) is 21.8. The van der Waals surface area contributed by atoms with Crippen LogP contribution in [0.1, 0.15) is 64.4 Å². The largest absolute Gasteiger partial charge is 0.325 e. The van der Waals surface area contributed by atoms with E-state index in [9.17, 15) is 14.4 Å². The number of nitrogens with one attached hydrogen (secondary N) is 1. The molecule has 29 heavy (non-hydrogen) atoms. The average molecular weight is 419 g/mol. The Morgan fingerprint density at radius 2 is 1.83 bits per heavy atom. The number of benzene rings is 1. The van der Waals surface area contributed by atoms with E-state index in [-0.39, 0.29) is 17.6 Å². The van der Waals surface area contributed by atoms with Crippen molar-refractivity contribution in [3.63, 3.8) is 0 Å². The van der Waals surface area contributed by atoms with Gasteiger partial charge in [0.2, 0.25) is 0 Å². The second-order valence-electron chi connectivity index (χ2n) is 8.51. The van der Waals surface area contributed by atoms with E-state index in [1.165, 1.54) is 11.3 Å². The van der Waals surface area contributed by atoms with Crippen LogP contribution in [0.15, 0.2) is 24.3 Å². The average Bonchev–Trinajstić information content (AvgIpc) is 3.00. The Hall–Kier alpha value is -1.88. The van der Waals surface area contributed by atoms with Crippen molar-refractivity contribution in [2.75, 3.05) is 0 Å². The van der Waals surface area contributed by atoms with Crippen molar-refractivity contribution in [3.05, 3.63) is 34.9 Å². The van der Waals surface area contributed by atoms with Crippen molar-refractivity contribution >= 4 is 29.3 Å². The van der Waals surface area contributed by atoms with Crippen LogP contribution in [-0.2, 0) is 16.0 Å². The summed E-state index contributed by atoms with van der Waals surface area (Å²) in [6.07, 6.45) is 7.39. The summed E-state index contributed by atoms with van der Waals surface area (Å²) in [4.78, 5) is 40.3. The molecule has 1 aliphatic carbocycles. The van der Waals surface area contributed by atoms with Crippen LogP contribution >= 0.6 is 11.6 Å². The molecule has 0 radical (unpaired) electrons. The molecular formula is C23H31ClN2O3. The molecule has 0 aromatic heterocycles. The summed E-state index contributed by atoms with van der Waals surface area (Å²) in [6, 6.07) is 5.52. The van der Waals surface area contributed by atoms with Gasteiger partial charge in [0.1, 0.15) is 12.1 Å². The molecule has 2 aliphatic rings. The Labute approximate surface area is 178 Å². The third-order valence-corrected chi connectivity index (χ3v) is 6.68. The number of amides is 3. The van der Waals surface area contributed by atoms with Crippen molar-refractivity contribution in [2.45, 2.75) is 77.3 Å². The lowest BCUT2D eigenvalue weighted by Gasteiger charge is -2.31. The highest BCUT2D eigenvalue weighted by atomic mass is 35.5. The van der Waals surface area contributed by atoms with E-state index in [0.717, 1.165) is 31.2 Å². The number of carbonyl (C=O) groups is 3. The van der Waals surface area contributed by atoms with E-state index in [0.29, 0.717) is 30.2 Å². The number of halogens is 1. The zero-order valence-electron chi connectivity index (χ0n) is 17.3. The zero-order chi connectivity index (χ0) is 21.0. The summed E-state index contributed by atoms with van der Waals surface area (Å²) in [7, 11) is 0. The van der Waals surface area contributed by atoms with Crippen LogP contribution in [0.5, 0.6) is 0 Å². The first-order chi connectivity index (χ1) is 13.9. The van der Waals surface area contributed by atoms with E-state index in [2.05, 4.69) is 5.32 Å². The molecule has 1 N–H and O–H groups in total. The van der Waals surface area contributed by atoms with E-state index in [1.807, 2.05) is 26.0 Å². The fraction of sp³-hybridized carbons (Fsp3) is 0.609. The number of imide groups is 1. The molecule has 1 aliphatic heterocycles. The van der Waals surface area contributed by atoms with Gasteiger partial charge in [-0.05, 0) is 36.5 Å². The second-order valence-corrected chi connectivity index (χ2v) is 8.94. The standard InChI is InChI=1S/C23H31ClN2O3/c1-3-15(2)21(27)20(14-16-7-5-4-6-8-16)26-22(28)19(25-23(26)29)13-17-9-11-18(24)12-10-17/h9-12,15-16,19-20H,3-8,13-14H2,1-2H3,(H,25,29)/t15?,19-,20-/m0/s1. The zero-order valence-corrected chi connectivity index (χ0v) is 18.1. The Balaban J connectivity index is 1.78. The minimum absolute atomic E-state index is 0.00807. The maximum Gasteiger partial charge on any atom is 0.325 e. The molecule has 2 fully saturated rings. The molecule has 0 spiro atoms. The number of carbonyl (C=O) groups excluding carboxylic acids is 3. The summed E-state index contributed by atoms with van der Waals surface area (Å²) in [5, 5.41) is 3.43. The summed E-state index contributed by atoms with van der Waals surface area (Å²) in [6.45, 7) is 3.86. The summed E-state index contributed by atoms with van der Waals surface area (Å²) in [5.41, 5.74) is 0.923. The second kappa shape index (κ2) is 9.75. The molecule has 0 bridgehead atoms. The number of Topliss-reactive ketones (excluding diaryl/α,β-unsaturated/α-hetero) is 1. The maximum absolute atomic E-state index is 13.2. The van der Waals surface area contributed by atoms with Crippen LogP contribution in [0.2, 0.25) is 5.02 Å². The van der Waals surface area contributed by atoms with Gasteiger partial charge in [0.05, 0.1) is 0 Å². The van der Waals surface area contributed by atoms with E-state index in [1.54, 1.807) is 12.1 Å². The van der Waals surface area contributed by atoms with E-state index >= 15 is 0 Å². The molecule has 1 saturated heterocycles. The van der Waals surface area contributed by atoms with Crippen molar-refractivity contribution in [1.29, 1.82) is 0 Å². The normalized spacial score (nSPS) is 22.4. The molecule has 1 heterocycles. The third kappa shape index (κ3) is 5.19. The van der Waals surface area contributed by atoms with Crippen LogP contribution in [0.25, 0.3) is 0 Å². The van der Waals surface area contributed by atoms with Crippen LogP contribution in [0.3, 0.4) is 0 Å². The van der Waals surface area contributed by atoms with Gasteiger partial charge in [-0.15, -0.1) is 0 Å². The monoisotopic (exact) mass is 418 g/mol. The smallest absolute Gasteiger partial charge is 0.325 e. The fourth-order valence-corrected chi connectivity index (χ4v) is 4.58. The highest BCUT2D eigenvalue weighted by molar-refractivity contribution is 6.30. The molecule has 158 valence electrons. The number of nitrogens with zero attached hydrogens (tertiary/aromatic N) is 1. The number of ketones is 1. The van der Waals surface area contributed by atoms with Gasteiger partial charge in [0.15, 0.2) is 5.78 Å². The molecule has 1 unspecified atom stereocenters. The molecule has 3 atom stereocenters. The Bertz CT molecular complexity index is 743. The van der Waals surface area contributed by atoms with E-state index in [4.69, 9.17) is 11.6 Å². The minimum atomic E-state index is -0.657. The first-order valence-corrected chi connectivity index (χ1v) is 11.2. The third-order valence-electron chi connectivity index (χ3n) is 6.42. The molecule has 1 aromatic carbocycles. The molecule has 3 rings (SSSR count). The van der Waals surface area contributed by atoms with E-state index < -0.39 is 18.1 Å². The van der Waals surface area contributed by atoms with Crippen LogP contribution in [0.4, 0.5) is 4.79 Å². The Morgan fingerprint density at radius 1 is 1.17 bits per heavy atom. The summed E-state index contributed by atoms with van der Waals surface area (Å²) >= 11 is 5.93. The highest BCUT2D eigenvalue weighted by Gasteiger charge is 2.45. The fourth-order valence-electron chi connectivity index (χ4n) is 4.45. The van der Waals surface area contributed by atoms with Crippen LogP contribution in [-0.4, -0.2) is 34.7 Å². The topological polar surface area (TPSA) is 66.5 Å². The van der Waals surface area contributed by atoms with Crippen molar-refractivity contribution in [2.24, 2.45) is 11.8 Å². The number of hydrogen-bond acceptors (Lipinski definition) is 3. The minimum Gasteiger partial charge on any atom is -0.325 e. The van der Waals surface area contributed by atoms with Gasteiger partial charge in [-0.1, -0.05) is 69.7 Å². The van der Waals surface area contributed by atoms with Crippen molar-refractivity contribution < 1.29 is 14.4 Å². The Morgan fingerprint density at radius 3 is 2.45 bits per heavy atom. The molecule has 5 nitrogen and oxygen atoms in total. The van der Waals surface area contributed by atoms with Gasteiger partial charge >= 0.3 is 6.03 Å². The van der Waals surface area contributed by atoms with Crippen molar-refractivity contribution in [3.8, 4) is 0 Å². The molecule has 1 saturated carbocycles. The maximum atomic E-state index is 13.2. The lowest BCUT2D eigenvalue weighted by Crippen LogP contribution is -2.48. The molecule has 1 aromatic rings. The number of rotatable bonds is 8.